The molecule has 0 aromatic carbocycles. The summed E-state index contributed by atoms with van der Waals surface area (Å²) in [4.78, 5) is 12.4. The maximum Gasteiger partial charge on any atom is 0.249 e. The van der Waals surface area contributed by atoms with Crippen molar-refractivity contribution >= 4 is 5.91 Å². The van der Waals surface area contributed by atoms with Crippen molar-refractivity contribution in [2.75, 3.05) is 6.61 Å². The highest BCUT2D eigenvalue weighted by molar-refractivity contribution is 5.80. The van der Waals surface area contributed by atoms with E-state index in [2.05, 4.69) is 19.2 Å². The minimum Gasteiger partial charge on any atom is -0.394 e. The zero-order valence-electron chi connectivity index (χ0n) is 33.8. The Kier molecular flexibility index (Phi) is 40.1. The Morgan fingerprint density at radius 2 is 0.780 bits per heavy atom. The van der Waals surface area contributed by atoms with Crippen molar-refractivity contribution in [2.24, 2.45) is 0 Å². The van der Waals surface area contributed by atoms with Gasteiger partial charge in [0, 0.05) is 0 Å². The fraction of sp³-hybridized carbons (Fsp3) is 0.933. The van der Waals surface area contributed by atoms with E-state index in [9.17, 15) is 20.1 Å². The molecule has 0 radical (unpaired) electrons. The summed E-state index contributed by atoms with van der Waals surface area (Å²) in [5.41, 5.74) is 0. The van der Waals surface area contributed by atoms with Gasteiger partial charge in [-0.3, -0.25) is 4.79 Å². The van der Waals surface area contributed by atoms with Gasteiger partial charge in [-0.15, -0.1) is 0 Å². The third-order valence-corrected chi connectivity index (χ3v) is 10.6. The number of aliphatic hydroxyl groups excluding tert-OH is 3. The van der Waals surface area contributed by atoms with Crippen LogP contribution in [0.5, 0.6) is 0 Å². The lowest BCUT2D eigenvalue weighted by Gasteiger charge is -2.21. The number of carbonyl (C=O) groups is 1. The fourth-order valence-corrected chi connectivity index (χ4v) is 7.07. The molecule has 3 atom stereocenters. The van der Waals surface area contributed by atoms with E-state index in [0.29, 0.717) is 6.42 Å². The molecule has 0 spiro atoms. The van der Waals surface area contributed by atoms with Gasteiger partial charge in [0.2, 0.25) is 5.91 Å². The molecule has 5 nitrogen and oxygen atoms in total. The molecule has 50 heavy (non-hydrogen) atoms. The van der Waals surface area contributed by atoms with E-state index >= 15 is 0 Å². The minimum absolute atomic E-state index is 0.360. The van der Waals surface area contributed by atoms with Crippen LogP contribution in [-0.4, -0.2) is 46.1 Å². The van der Waals surface area contributed by atoms with Crippen LogP contribution in [-0.2, 0) is 4.79 Å². The van der Waals surface area contributed by atoms with Crippen molar-refractivity contribution in [3.63, 3.8) is 0 Å². The molecule has 298 valence electrons. The normalized spacial score (nSPS) is 13.6. The van der Waals surface area contributed by atoms with Gasteiger partial charge in [-0.25, -0.2) is 0 Å². The van der Waals surface area contributed by atoms with E-state index in [1.807, 2.05) is 6.08 Å². The molecule has 0 aromatic heterocycles. The Labute approximate surface area is 312 Å². The molecule has 0 aromatic rings. The molecule has 4 N–H and O–H groups in total. The second-order valence-corrected chi connectivity index (χ2v) is 15.6. The number of carbonyl (C=O) groups excluding carboxylic acids is 1. The summed E-state index contributed by atoms with van der Waals surface area (Å²) in [6.07, 6.45) is 48.4. The summed E-state index contributed by atoms with van der Waals surface area (Å²) in [5.74, 6) is -0.501. The van der Waals surface area contributed by atoms with Crippen molar-refractivity contribution in [3.05, 3.63) is 12.2 Å². The van der Waals surface area contributed by atoms with Crippen LogP contribution in [0.2, 0.25) is 0 Å². The second-order valence-electron chi connectivity index (χ2n) is 15.6. The molecule has 0 saturated heterocycles. The standard InChI is InChI=1S/C45H89NO4/c1-3-5-7-9-11-13-14-15-16-17-18-19-20-21-22-23-24-25-26-27-28-29-30-32-34-36-38-40-44(49)45(50)46-42(41-47)43(48)39-37-35-33-31-12-10-8-6-4-2/h37,39,42-44,47-49H,3-36,38,40-41H2,1-2H3,(H,46,50)/b39-37+. The van der Waals surface area contributed by atoms with Gasteiger partial charge in [0.25, 0.3) is 0 Å². The molecular formula is C45H89NO4. The highest BCUT2D eigenvalue weighted by Gasteiger charge is 2.22. The van der Waals surface area contributed by atoms with Gasteiger partial charge in [-0.2, -0.15) is 0 Å². The van der Waals surface area contributed by atoms with Crippen molar-refractivity contribution in [3.8, 4) is 0 Å². The van der Waals surface area contributed by atoms with Crippen molar-refractivity contribution < 1.29 is 20.1 Å². The van der Waals surface area contributed by atoms with Crippen LogP contribution in [0.1, 0.15) is 245 Å². The lowest BCUT2D eigenvalue weighted by Crippen LogP contribution is -2.48. The zero-order valence-corrected chi connectivity index (χ0v) is 33.8. The Morgan fingerprint density at radius 3 is 1.10 bits per heavy atom. The summed E-state index contributed by atoms with van der Waals surface area (Å²) in [6.45, 7) is 4.16. The average Bonchev–Trinajstić information content (AvgIpc) is 3.12. The number of amides is 1. The first-order chi connectivity index (χ1) is 24.6. The predicted molar refractivity (Wildman–Crippen MR) is 218 cm³/mol. The van der Waals surface area contributed by atoms with E-state index in [1.165, 1.54) is 193 Å². The summed E-state index contributed by atoms with van der Waals surface area (Å²) in [7, 11) is 0. The van der Waals surface area contributed by atoms with Gasteiger partial charge in [0.15, 0.2) is 0 Å². The molecule has 0 aliphatic rings. The number of aliphatic hydroxyl groups is 3. The van der Waals surface area contributed by atoms with E-state index < -0.39 is 24.2 Å². The molecule has 1 amide bonds. The summed E-state index contributed by atoms with van der Waals surface area (Å²) in [5, 5.41) is 33.0. The summed E-state index contributed by atoms with van der Waals surface area (Å²) >= 11 is 0. The third kappa shape index (κ3) is 35.5. The van der Waals surface area contributed by atoms with E-state index in [1.54, 1.807) is 6.08 Å². The third-order valence-electron chi connectivity index (χ3n) is 10.6. The maximum atomic E-state index is 12.4. The number of nitrogens with one attached hydrogen (secondary N) is 1. The Hall–Kier alpha value is -0.910. The molecule has 0 fully saturated rings. The first-order valence-corrected chi connectivity index (χ1v) is 22.5. The Bertz CT molecular complexity index is 699. The van der Waals surface area contributed by atoms with Crippen LogP contribution in [0.15, 0.2) is 12.2 Å². The molecule has 3 unspecified atom stereocenters. The van der Waals surface area contributed by atoms with Crippen LogP contribution in [0.25, 0.3) is 0 Å². The lowest BCUT2D eigenvalue weighted by molar-refractivity contribution is -0.131. The highest BCUT2D eigenvalue weighted by atomic mass is 16.3. The molecule has 0 bridgehead atoms. The maximum absolute atomic E-state index is 12.4. The summed E-state index contributed by atoms with van der Waals surface area (Å²) < 4.78 is 0. The van der Waals surface area contributed by atoms with E-state index in [0.717, 1.165) is 32.1 Å². The Morgan fingerprint density at radius 1 is 0.480 bits per heavy atom. The predicted octanol–water partition coefficient (Wildman–Crippen LogP) is 12.8. The lowest BCUT2D eigenvalue weighted by atomic mass is 10.0. The number of hydrogen-bond donors (Lipinski definition) is 4. The second kappa shape index (κ2) is 40.9. The van der Waals surface area contributed by atoms with Gasteiger partial charge in [0.1, 0.15) is 6.10 Å². The number of rotatable bonds is 41. The smallest absolute Gasteiger partial charge is 0.249 e. The SMILES string of the molecule is CCCCCCCCC/C=C/C(O)C(CO)NC(=O)C(O)CCCCCCCCCCCCCCCCCCCCCCCCCCCCC. The molecule has 0 rings (SSSR count). The Balaban J connectivity index is 3.49. The number of hydrogen-bond acceptors (Lipinski definition) is 4. The quantitative estimate of drug-likeness (QED) is 0.0376. The molecule has 0 heterocycles. The highest BCUT2D eigenvalue weighted by Crippen LogP contribution is 2.17. The van der Waals surface area contributed by atoms with Crippen molar-refractivity contribution in [1.82, 2.24) is 5.32 Å². The molecular weight excluding hydrogens is 618 g/mol. The van der Waals surface area contributed by atoms with E-state index in [-0.39, 0.29) is 6.61 Å². The summed E-state index contributed by atoms with van der Waals surface area (Å²) in [6, 6.07) is -0.791. The van der Waals surface area contributed by atoms with Gasteiger partial charge >= 0.3 is 0 Å². The van der Waals surface area contributed by atoms with Gasteiger partial charge < -0.3 is 20.6 Å². The molecule has 0 saturated carbocycles. The van der Waals surface area contributed by atoms with Crippen LogP contribution < -0.4 is 5.32 Å². The van der Waals surface area contributed by atoms with Crippen LogP contribution in [0.3, 0.4) is 0 Å². The monoisotopic (exact) mass is 708 g/mol. The van der Waals surface area contributed by atoms with Crippen LogP contribution in [0, 0.1) is 0 Å². The van der Waals surface area contributed by atoms with Crippen LogP contribution >= 0.6 is 0 Å². The minimum atomic E-state index is -1.09. The molecule has 0 aliphatic heterocycles. The van der Waals surface area contributed by atoms with Crippen molar-refractivity contribution in [1.29, 1.82) is 0 Å². The van der Waals surface area contributed by atoms with Crippen LogP contribution in [0.4, 0.5) is 0 Å². The first kappa shape index (κ1) is 49.1. The zero-order chi connectivity index (χ0) is 36.6. The van der Waals surface area contributed by atoms with Gasteiger partial charge in [-0.1, -0.05) is 238 Å². The topological polar surface area (TPSA) is 89.8 Å². The van der Waals surface area contributed by atoms with Crippen molar-refractivity contribution in [2.45, 2.75) is 263 Å². The fourth-order valence-electron chi connectivity index (χ4n) is 7.07. The van der Waals surface area contributed by atoms with Gasteiger partial charge in [-0.05, 0) is 19.3 Å². The molecule has 5 heteroatoms. The molecule has 0 aliphatic carbocycles. The first-order valence-electron chi connectivity index (χ1n) is 22.5. The van der Waals surface area contributed by atoms with Gasteiger partial charge in [0.05, 0.1) is 18.8 Å². The largest absolute Gasteiger partial charge is 0.394 e. The number of allylic oxidation sites excluding steroid dienone is 1. The number of unbranched alkanes of at least 4 members (excludes halogenated alkanes) is 33. The van der Waals surface area contributed by atoms with E-state index in [4.69, 9.17) is 0 Å². The average molecular weight is 708 g/mol.